The molecular weight excluding hydrogens is 282 g/mol. The number of methoxy groups -OCH3 is 1. The molecular formula is C16H21N3OS. The Hall–Kier alpha value is -1.59. The maximum Gasteiger partial charge on any atom is 0.118 e. The molecule has 0 saturated heterocycles. The molecule has 0 radical (unpaired) electrons. The highest BCUT2D eigenvalue weighted by Crippen LogP contribution is 2.31. The van der Waals surface area contributed by atoms with Gasteiger partial charge in [-0.15, -0.1) is 0 Å². The smallest absolute Gasteiger partial charge is 0.118 e. The molecule has 1 aromatic carbocycles. The summed E-state index contributed by atoms with van der Waals surface area (Å²) in [6.07, 6.45) is 5.23. The van der Waals surface area contributed by atoms with Crippen LogP contribution >= 0.6 is 11.8 Å². The van der Waals surface area contributed by atoms with Crippen molar-refractivity contribution in [3.05, 3.63) is 48.4 Å². The van der Waals surface area contributed by atoms with E-state index in [2.05, 4.69) is 41.3 Å². The Morgan fingerprint density at radius 3 is 2.57 bits per heavy atom. The summed E-state index contributed by atoms with van der Waals surface area (Å²) >= 11 is 1.73. The first-order valence-electron chi connectivity index (χ1n) is 7.04. The van der Waals surface area contributed by atoms with Crippen molar-refractivity contribution in [1.82, 2.24) is 15.3 Å². The van der Waals surface area contributed by atoms with E-state index in [-0.39, 0.29) is 6.04 Å². The van der Waals surface area contributed by atoms with E-state index in [4.69, 9.17) is 4.74 Å². The molecule has 21 heavy (non-hydrogen) atoms. The van der Waals surface area contributed by atoms with E-state index in [0.717, 1.165) is 17.3 Å². The van der Waals surface area contributed by atoms with Gasteiger partial charge in [0.2, 0.25) is 0 Å². The summed E-state index contributed by atoms with van der Waals surface area (Å²) < 4.78 is 5.22. The lowest BCUT2D eigenvalue weighted by molar-refractivity contribution is 0.414. The lowest BCUT2D eigenvalue weighted by Crippen LogP contribution is -2.28. The van der Waals surface area contributed by atoms with Crippen LogP contribution in [0, 0.1) is 0 Å². The molecule has 0 amide bonds. The standard InChI is InChI=1S/C16H21N3OS/c1-4-18-16(13-5-7-14(20-3)8-6-13)12(2)21-15-11-17-9-10-19-15/h5-12,16,18H,4H2,1-3H3. The molecule has 0 aliphatic carbocycles. The zero-order valence-corrected chi connectivity index (χ0v) is 13.4. The van der Waals surface area contributed by atoms with Crippen molar-refractivity contribution >= 4 is 11.8 Å². The van der Waals surface area contributed by atoms with Gasteiger partial charge in [-0.1, -0.05) is 37.7 Å². The summed E-state index contributed by atoms with van der Waals surface area (Å²) in [5.74, 6) is 0.878. The summed E-state index contributed by atoms with van der Waals surface area (Å²) in [4.78, 5) is 8.45. The zero-order valence-electron chi connectivity index (χ0n) is 12.6. The lowest BCUT2D eigenvalue weighted by Gasteiger charge is -2.24. The molecule has 112 valence electrons. The second kappa shape index (κ2) is 8.00. The fourth-order valence-corrected chi connectivity index (χ4v) is 3.20. The molecule has 0 fully saturated rings. The average Bonchev–Trinajstić information content (AvgIpc) is 2.53. The van der Waals surface area contributed by atoms with E-state index in [1.54, 1.807) is 37.5 Å². The Balaban J connectivity index is 2.13. The van der Waals surface area contributed by atoms with Crippen LogP contribution in [0.25, 0.3) is 0 Å². The number of nitrogens with one attached hydrogen (secondary N) is 1. The zero-order chi connectivity index (χ0) is 15.1. The van der Waals surface area contributed by atoms with Crippen LogP contribution in [0.3, 0.4) is 0 Å². The van der Waals surface area contributed by atoms with Crippen LogP contribution in [0.4, 0.5) is 0 Å². The summed E-state index contributed by atoms with van der Waals surface area (Å²) in [5.41, 5.74) is 1.25. The van der Waals surface area contributed by atoms with Gasteiger partial charge in [0.15, 0.2) is 0 Å². The number of nitrogens with zero attached hydrogens (tertiary/aromatic N) is 2. The van der Waals surface area contributed by atoms with Gasteiger partial charge in [-0.2, -0.15) is 0 Å². The van der Waals surface area contributed by atoms with Crippen LogP contribution in [-0.4, -0.2) is 28.9 Å². The first-order chi connectivity index (χ1) is 10.2. The number of thioether (sulfide) groups is 1. The van der Waals surface area contributed by atoms with Gasteiger partial charge in [-0.3, -0.25) is 4.98 Å². The van der Waals surface area contributed by atoms with Crippen LogP contribution in [0.5, 0.6) is 5.75 Å². The van der Waals surface area contributed by atoms with Gasteiger partial charge >= 0.3 is 0 Å². The molecule has 0 aliphatic heterocycles. The van der Waals surface area contributed by atoms with Crippen molar-refractivity contribution in [3.63, 3.8) is 0 Å². The van der Waals surface area contributed by atoms with Gasteiger partial charge in [0.1, 0.15) is 10.8 Å². The molecule has 0 spiro atoms. The number of aromatic nitrogens is 2. The molecule has 2 rings (SSSR count). The highest BCUT2D eigenvalue weighted by molar-refractivity contribution is 7.99. The SMILES string of the molecule is CCNC(c1ccc(OC)cc1)C(C)Sc1cnccn1. The number of rotatable bonds is 7. The molecule has 4 nitrogen and oxygen atoms in total. The van der Waals surface area contributed by atoms with Crippen molar-refractivity contribution in [3.8, 4) is 5.75 Å². The molecule has 2 unspecified atom stereocenters. The van der Waals surface area contributed by atoms with Gasteiger partial charge < -0.3 is 10.1 Å². The topological polar surface area (TPSA) is 47.0 Å². The van der Waals surface area contributed by atoms with E-state index in [1.807, 2.05) is 12.1 Å². The Morgan fingerprint density at radius 1 is 1.24 bits per heavy atom. The van der Waals surface area contributed by atoms with Gasteiger partial charge in [0.25, 0.3) is 0 Å². The first-order valence-corrected chi connectivity index (χ1v) is 7.92. The molecule has 2 atom stereocenters. The molecule has 0 saturated carbocycles. The third-order valence-electron chi connectivity index (χ3n) is 3.21. The lowest BCUT2D eigenvalue weighted by atomic mass is 10.0. The summed E-state index contributed by atoms with van der Waals surface area (Å²) in [7, 11) is 1.68. The fraction of sp³-hybridized carbons (Fsp3) is 0.375. The third kappa shape index (κ3) is 4.44. The average molecular weight is 303 g/mol. The minimum absolute atomic E-state index is 0.257. The van der Waals surface area contributed by atoms with Crippen molar-refractivity contribution in [2.75, 3.05) is 13.7 Å². The molecule has 0 aliphatic rings. The normalized spacial score (nSPS) is 13.7. The largest absolute Gasteiger partial charge is 0.497 e. The van der Waals surface area contributed by atoms with Crippen LogP contribution in [-0.2, 0) is 0 Å². The minimum atomic E-state index is 0.257. The van der Waals surface area contributed by atoms with E-state index >= 15 is 0 Å². The Bertz CT molecular complexity index is 533. The van der Waals surface area contributed by atoms with E-state index < -0.39 is 0 Å². The Morgan fingerprint density at radius 2 is 2.00 bits per heavy atom. The third-order valence-corrected chi connectivity index (χ3v) is 4.31. The van der Waals surface area contributed by atoms with Gasteiger partial charge in [0, 0.05) is 23.7 Å². The second-order valence-corrected chi connectivity index (χ2v) is 6.07. The van der Waals surface area contributed by atoms with Gasteiger partial charge in [0.05, 0.1) is 13.3 Å². The van der Waals surface area contributed by atoms with E-state index in [9.17, 15) is 0 Å². The quantitative estimate of drug-likeness (QED) is 0.795. The highest BCUT2D eigenvalue weighted by Gasteiger charge is 2.20. The second-order valence-electron chi connectivity index (χ2n) is 4.68. The van der Waals surface area contributed by atoms with Crippen molar-refractivity contribution in [1.29, 1.82) is 0 Å². The summed E-state index contributed by atoms with van der Waals surface area (Å²) in [6, 6.07) is 8.48. The van der Waals surface area contributed by atoms with E-state index in [1.165, 1.54) is 5.56 Å². The van der Waals surface area contributed by atoms with Crippen LogP contribution in [0.2, 0.25) is 0 Å². The van der Waals surface area contributed by atoms with Crippen LogP contribution < -0.4 is 10.1 Å². The van der Waals surface area contributed by atoms with Crippen molar-refractivity contribution in [2.45, 2.75) is 30.2 Å². The van der Waals surface area contributed by atoms with E-state index in [0.29, 0.717) is 5.25 Å². The van der Waals surface area contributed by atoms with Crippen LogP contribution in [0.1, 0.15) is 25.5 Å². The van der Waals surface area contributed by atoms with Crippen molar-refractivity contribution in [2.24, 2.45) is 0 Å². The molecule has 2 aromatic rings. The van der Waals surface area contributed by atoms with Gasteiger partial charge in [-0.05, 0) is 24.2 Å². The number of benzene rings is 1. The fourth-order valence-electron chi connectivity index (χ4n) is 2.19. The van der Waals surface area contributed by atoms with Gasteiger partial charge in [-0.25, -0.2) is 4.98 Å². The summed E-state index contributed by atoms with van der Waals surface area (Å²) in [6.45, 7) is 5.25. The predicted molar refractivity (Wildman–Crippen MR) is 86.8 cm³/mol. The maximum atomic E-state index is 5.22. The van der Waals surface area contributed by atoms with Crippen LogP contribution in [0.15, 0.2) is 47.9 Å². The summed E-state index contributed by atoms with van der Waals surface area (Å²) in [5, 5.41) is 4.83. The molecule has 1 N–H and O–H groups in total. The first kappa shape index (κ1) is 15.8. The number of hydrogen-bond acceptors (Lipinski definition) is 5. The highest BCUT2D eigenvalue weighted by atomic mass is 32.2. The predicted octanol–water partition coefficient (Wildman–Crippen LogP) is 3.32. The molecule has 1 aromatic heterocycles. The maximum absolute atomic E-state index is 5.22. The number of hydrogen-bond donors (Lipinski definition) is 1. The molecule has 0 bridgehead atoms. The Labute approximate surface area is 130 Å². The minimum Gasteiger partial charge on any atom is -0.497 e. The van der Waals surface area contributed by atoms with Crippen molar-refractivity contribution < 1.29 is 4.74 Å². The molecule has 5 heteroatoms. The monoisotopic (exact) mass is 303 g/mol. The molecule has 1 heterocycles. The Kier molecular flexibility index (Phi) is 6.02. The number of ether oxygens (including phenoxy) is 1.